The van der Waals surface area contributed by atoms with Gasteiger partial charge in [-0.15, -0.1) is 0 Å². The average molecular weight is 378 g/mol. The normalized spacial score (nSPS) is 22.7. The minimum atomic E-state index is -0.190. The second-order valence-electron chi connectivity index (χ2n) is 7.95. The van der Waals surface area contributed by atoms with Crippen LogP contribution >= 0.6 is 0 Å². The Hall–Kier alpha value is -2.82. The summed E-state index contributed by atoms with van der Waals surface area (Å²) in [5, 5.41) is 5.82. The number of carbonyl (C=O) groups excluding carboxylic acids is 2. The Balaban J connectivity index is 1.30. The number of nitrogens with one attached hydrogen (secondary N) is 2. The molecule has 146 valence electrons. The lowest BCUT2D eigenvalue weighted by molar-refractivity contribution is -0.117. The standard InChI is InChI=1S/C23H26N2O3/c1-28-21-10-8-20(9-11-21)25-23(27)16-4-6-19(7-5-16)24-22(26)14-18-13-15-2-3-17(18)12-15/h4-11,15,17-18H,2-3,12-14H2,1H3,(H,24,26)(H,25,27)/t15-,17-,18-/m0/s1. The minimum absolute atomic E-state index is 0.0768. The van der Waals surface area contributed by atoms with Gasteiger partial charge in [0.25, 0.3) is 5.91 Å². The Morgan fingerprint density at radius 2 is 1.61 bits per heavy atom. The van der Waals surface area contributed by atoms with E-state index in [0.717, 1.165) is 23.3 Å². The van der Waals surface area contributed by atoms with E-state index < -0.39 is 0 Å². The molecule has 4 rings (SSSR count). The molecule has 2 aromatic carbocycles. The molecule has 2 aliphatic carbocycles. The molecule has 2 aliphatic rings. The van der Waals surface area contributed by atoms with E-state index in [1.165, 1.54) is 25.7 Å². The monoisotopic (exact) mass is 378 g/mol. The summed E-state index contributed by atoms with van der Waals surface area (Å²) in [4.78, 5) is 24.7. The van der Waals surface area contributed by atoms with Crippen molar-refractivity contribution in [3.63, 3.8) is 0 Å². The molecule has 2 amide bonds. The third-order valence-corrected chi connectivity index (χ3v) is 6.11. The first kappa shape index (κ1) is 18.5. The van der Waals surface area contributed by atoms with Crippen molar-refractivity contribution in [3.05, 3.63) is 54.1 Å². The SMILES string of the molecule is COc1ccc(NC(=O)c2ccc(NC(=O)C[C@@H]3C[C@H]4CC[C@H]3C4)cc2)cc1. The molecular weight excluding hydrogens is 352 g/mol. The van der Waals surface area contributed by atoms with Crippen LogP contribution < -0.4 is 15.4 Å². The highest BCUT2D eigenvalue weighted by molar-refractivity contribution is 6.04. The first-order chi connectivity index (χ1) is 13.6. The molecule has 0 radical (unpaired) electrons. The number of hydrogen-bond donors (Lipinski definition) is 2. The van der Waals surface area contributed by atoms with Gasteiger partial charge >= 0.3 is 0 Å². The number of fused-ring (bicyclic) bond motifs is 2. The van der Waals surface area contributed by atoms with E-state index in [1.807, 2.05) is 0 Å². The highest BCUT2D eigenvalue weighted by Gasteiger charge is 2.40. The maximum Gasteiger partial charge on any atom is 0.255 e. The molecule has 3 atom stereocenters. The van der Waals surface area contributed by atoms with Crippen molar-refractivity contribution in [1.82, 2.24) is 0 Å². The molecule has 0 unspecified atom stereocenters. The number of hydrogen-bond acceptors (Lipinski definition) is 3. The van der Waals surface area contributed by atoms with Crippen LogP contribution in [0, 0.1) is 17.8 Å². The van der Waals surface area contributed by atoms with Gasteiger partial charge in [0.05, 0.1) is 7.11 Å². The Labute approximate surface area is 165 Å². The van der Waals surface area contributed by atoms with E-state index >= 15 is 0 Å². The second kappa shape index (κ2) is 8.05. The Morgan fingerprint density at radius 1 is 0.929 bits per heavy atom. The highest BCUT2D eigenvalue weighted by Crippen LogP contribution is 2.49. The zero-order valence-corrected chi connectivity index (χ0v) is 16.1. The van der Waals surface area contributed by atoms with Crippen LogP contribution in [-0.4, -0.2) is 18.9 Å². The lowest BCUT2D eigenvalue weighted by atomic mass is 9.86. The second-order valence-corrected chi connectivity index (χ2v) is 7.95. The number of benzene rings is 2. The molecule has 0 heterocycles. The van der Waals surface area contributed by atoms with Gasteiger partial charge in [-0.25, -0.2) is 0 Å². The van der Waals surface area contributed by atoms with Crippen molar-refractivity contribution in [2.24, 2.45) is 17.8 Å². The van der Waals surface area contributed by atoms with Crippen LogP contribution in [0.2, 0.25) is 0 Å². The van der Waals surface area contributed by atoms with Crippen LogP contribution in [0.15, 0.2) is 48.5 Å². The molecule has 2 fully saturated rings. The third kappa shape index (κ3) is 4.19. The number of ether oxygens (including phenoxy) is 1. The molecular formula is C23H26N2O3. The number of amides is 2. The highest BCUT2D eigenvalue weighted by atomic mass is 16.5. The molecule has 2 N–H and O–H groups in total. The predicted molar refractivity (Wildman–Crippen MR) is 110 cm³/mol. The number of methoxy groups -OCH3 is 1. The quantitative estimate of drug-likeness (QED) is 0.765. The molecule has 2 aromatic rings. The van der Waals surface area contributed by atoms with Gasteiger partial charge in [0.15, 0.2) is 0 Å². The average Bonchev–Trinajstić information content (AvgIpc) is 3.32. The lowest BCUT2D eigenvalue weighted by Crippen LogP contribution is -2.20. The Morgan fingerprint density at radius 3 is 2.21 bits per heavy atom. The van der Waals surface area contributed by atoms with E-state index in [2.05, 4.69) is 10.6 Å². The van der Waals surface area contributed by atoms with E-state index in [1.54, 1.807) is 55.6 Å². The van der Waals surface area contributed by atoms with Crippen LogP contribution in [-0.2, 0) is 4.79 Å². The summed E-state index contributed by atoms with van der Waals surface area (Å²) in [6, 6.07) is 14.2. The van der Waals surface area contributed by atoms with E-state index in [-0.39, 0.29) is 11.8 Å². The summed E-state index contributed by atoms with van der Waals surface area (Å²) in [5.41, 5.74) is 1.98. The molecule has 28 heavy (non-hydrogen) atoms. The summed E-state index contributed by atoms with van der Waals surface area (Å²) >= 11 is 0. The first-order valence-electron chi connectivity index (χ1n) is 9.96. The van der Waals surface area contributed by atoms with Gasteiger partial charge in [-0.05, 0) is 85.5 Å². The summed E-state index contributed by atoms with van der Waals surface area (Å²) in [6.45, 7) is 0. The van der Waals surface area contributed by atoms with Gasteiger partial charge in [-0.1, -0.05) is 6.42 Å². The molecule has 0 saturated heterocycles. The first-order valence-corrected chi connectivity index (χ1v) is 9.96. The maximum absolute atomic E-state index is 12.4. The van der Waals surface area contributed by atoms with Crippen LogP contribution in [0.4, 0.5) is 11.4 Å². The van der Waals surface area contributed by atoms with Gasteiger partial charge in [0, 0.05) is 23.4 Å². The third-order valence-electron chi connectivity index (χ3n) is 6.11. The lowest BCUT2D eigenvalue weighted by Gasteiger charge is -2.20. The molecule has 5 heteroatoms. The molecule has 5 nitrogen and oxygen atoms in total. The van der Waals surface area contributed by atoms with Crippen molar-refractivity contribution in [2.75, 3.05) is 17.7 Å². The van der Waals surface area contributed by atoms with Crippen molar-refractivity contribution >= 4 is 23.2 Å². The van der Waals surface area contributed by atoms with Crippen LogP contribution in [0.25, 0.3) is 0 Å². The Kier molecular flexibility index (Phi) is 5.33. The number of anilines is 2. The van der Waals surface area contributed by atoms with Crippen LogP contribution in [0.1, 0.15) is 42.5 Å². The smallest absolute Gasteiger partial charge is 0.255 e. The van der Waals surface area contributed by atoms with Crippen molar-refractivity contribution in [3.8, 4) is 5.75 Å². The van der Waals surface area contributed by atoms with Gasteiger partial charge < -0.3 is 15.4 Å². The fourth-order valence-electron chi connectivity index (χ4n) is 4.66. The van der Waals surface area contributed by atoms with Gasteiger partial charge in [-0.3, -0.25) is 9.59 Å². The fourth-order valence-corrected chi connectivity index (χ4v) is 4.66. The molecule has 0 spiro atoms. The summed E-state index contributed by atoms with van der Waals surface area (Å²) < 4.78 is 5.11. The Bertz CT molecular complexity index is 845. The zero-order valence-electron chi connectivity index (χ0n) is 16.1. The van der Waals surface area contributed by atoms with Crippen molar-refractivity contribution in [2.45, 2.75) is 32.1 Å². The summed E-state index contributed by atoms with van der Waals surface area (Å²) in [6.07, 6.45) is 5.78. The zero-order chi connectivity index (χ0) is 19.5. The predicted octanol–water partition coefficient (Wildman–Crippen LogP) is 4.71. The van der Waals surface area contributed by atoms with E-state index in [9.17, 15) is 9.59 Å². The summed E-state index contributed by atoms with van der Waals surface area (Å²) in [5.74, 6) is 2.78. The summed E-state index contributed by atoms with van der Waals surface area (Å²) in [7, 11) is 1.60. The molecule has 0 aliphatic heterocycles. The van der Waals surface area contributed by atoms with Gasteiger partial charge in [0.1, 0.15) is 5.75 Å². The number of carbonyl (C=O) groups is 2. The van der Waals surface area contributed by atoms with Crippen LogP contribution in [0.3, 0.4) is 0 Å². The van der Waals surface area contributed by atoms with E-state index in [4.69, 9.17) is 4.74 Å². The van der Waals surface area contributed by atoms with Gasteiger partial charge in [0.2, 0.25) is 5.91 Å². The van der Waals surface area contributed by atoms with Crippen LogP contribution in [0.5, 0.6) is 5.75 Å². The van der Waals surface area contributed by atoms with Crippen molar-refractivity contribution in [1.29, 1.82) is 0 Å². The fraction of sp³-hybridized carbons (Fsp3) is 0.391. The van der Waals surface area contributed by atoms with Crippen molar-refractivity contribution < 1.29 is 14.3 Å². The van der Waals surface area contributed by atoms with Gasteiger partial charge in [-0.2, -0.15) is 0 Å². The largest absolute Gasteiger partial charge is 0.497 e. The molecule has 0 aromatic heterocycles. The topological polar surface area (TPSA) is 67.4 Å². The number of rotatable bonds is 6. The molecule has 2 bridgehead atoms. The van der Waals surface area contributed by atoms with E-state index in [0.29, 0.717) is 23.6 Å². The maximum atomic E-state index is 12.4. The minimum Gasteiger partial charge on any atom is -0.497 e. The molecule has 2 saturated carbocycles.